The van der Waals surface area contributed by atoms with Gasteiger partial charge in [-0.1, -0.05) is 24.3 Å². The van der Waals surface area contributed by atoms with Crippen molar-refractivity contribution in [3.8, 4) is 16.9 Å². The Hall–Kier alpha value is -3.47. The first-order valence-corrected chi connectivity index (χ1v) is 8.89. The molecular weight excluding hydrogens is 334 g/mol. The maximum Gasteiger partial charge on any atom is 0.227 e. The number of hydrogen-bond acceptors (Lipinski definition) is 4. The van der Waals surface area contributed by atoms with Gasteiger partial charge >= 0.3 is 0 Å². The van der Waals surface area contributed by atoms with E-state index in [0.717, 1.165) is 28.3 Å². The summed E-state index contributed by atoms with van der Waals surface area (Å²) in [6, 6.07) is 18.2. The Morgan fingerprint density at radius 1 is 0.889 bits per heavy atom. The third-order valence-electron chi connectivity index (χ3n) is 4.61. The number of rotatable bonds is 4. The van der Waals surface area contributed by atoms with Gasteiger partial charge in [0.25, 0.3) is 0 Å². The average molecular weight is 355 g/mol. The molecule has 0 aliphatic rings. The van der Waals surface area contributed by atoms with Crippen LogP contribution in [0.5, 0.6) is 0 Å². The largest absolute Gasteiger partial charge is 0.324 e. The fraction of sp³-hybridized carbons (Fsp3) is 0.136. The van der Waals surface area contributed by atoms with Crippen molar-refractivity contribution in [2.75, 3.05) is 5.32 Å². The quantitative estimate of drug-likeness (QED) is 0.560. The number of aryl methyl sites for hydroxylation is 3. The first kappa shape index (κ1) is 17.0. The number of nitrogens with zero attached hydrogens (tertiary/aromatic N) is 4. The normalized spacial score (nSPS) is 10.8. The molecule has 0 bridgehead atoms. The van der Waals surface area contributed by atoms with Gasteiger partial charge in [0.1, 0.15) is 0 Å². The monoisotopic (exact) mass is 355 g/mol. The van der Waals surface area contributed by atoms with E-state index in [1.54, 1.807) is 6.20 Å². The van der Waals surface area contributed by atoms with E-state index < -0.39 is 0 Å². The summed E-state index contributed by atoms with van der Waals surface area (Å²) in [5.41, 5.74) is 7.26. The summed E-state index contributed by atoms with van der Waals surface area (Å²) >= 11 is 0. The van der Waals surface area contributed by atoms with Gasteiger partial charge in [-0.2, -0.15) is 5.10 Å². The van der Waals surface area contributed by atoms with Crippen molar-refractivity contribution in [3.63, 3.8) is 0 Å². The van der Waals surface area contributed by atoms with Crippen molar-refractivity contribution in [2.45, 2.75) is 20.8 Å². The second kappa shape index (κ2) is 7.03. The van der Waals surface area contributed by atoms with Crippen LogP contribution in [0.4, 0.5) is 11.6 Å². The van der Waals surface area contributed by atoms with Crippen molar-refractivity contribution in [1.29, 1.82) is 0 Å². The van der Waals surface area contributed by atoms with E-state index in [0.29, 0.717) is 5.95 Å². The van der Waals surface area contributed by atoms with E-state index in [1.807, 2.05) is 60.3 Å². The van der Waals surface area contributed by atoms with E-state index in [4.69, 9.17) is 0 Å². The molecule has 0 atom stereocenters. The van der Waals surface area contributed by atoms with E-state index in [-0.39, 0.29) is 0 Å². The number of benzene rings is 2. The van der Waals surface area contributed by atoms with Gasteiger partial charge < -0.3 is 5.32 Å². The standard InChI is InChI=1S/C22H21N5/c1-15-9-10-18(13-16(15)2)24-22-23-12-11-21(25-22)20-14-27(26-17(20)3)19-7-5-4-6-8-19/h4-14H,1-3H3,(H,23,24,25). The summed E-state index contributed by atoms with van der Waals surface area (Å²) in [4.78, 5) is 9.04. The maximum absolute atomic E-state index is 4.68. The van der Waals surface area contributed by atoms with Gasteiger partial charge in [-0.15, -0.1) is 0 Å². The van der Waals surface area contributed by atoms with Crippen molar-refractivity contribution >= 4 is 11.6 Å². The van der Waals surface area contributed by atoms with Crippen LogP contribution in [-0.4, -0.2) is 19.7 Å². The van der Waals surface area contributed by atoms with Gasteiger partial charge in [-0.25, -0.2) is 14.6 Å². The topological polar surface area (TPSA) is 55.6 Å². The van der Waals surface area contributed by atoms with Crippen molar-refractivity contribution in [2.24, 2.45) is 0 Å². The van der Waals surface area contributed by atoms with Gasteiger partial charge in [0.05, 0.1) is 17.1 Å². The zero-order valence-corrected chi connectivity index (χ0v) is 15.6. The molecule has 0 amide bonds. The molecule has 4 aromatic rings. The van der Waals surface area contributed by atoms with Crippen molar-refractivity contribution in [3.05, 3.63) is 83.8 Å². The third kappa shape index (κ3) is 3.58. The molecule has 2 heterocycles. The second-order valence-electron chi connectivity index (χ2n) is 6.60. The van der Waals surface area contributed by atoms with Crippen molar-refractivity contribution < 1.29 is 0 Å². The average Bonchev–Trinajstić information content (AvgIpc) is 3.07. The Bertz CT molecular complexity index is 1080. The fourth-order valence-corrected chi connectivity index (χ4v) is 2.94. The number of aromatic nitrogens is 4. The minimum atomic E-state index is 0.572. The lowest BCUT2D eigenvalue weighted by Gasteiger charge is -2.08. The molecule has 0 aliphatic heterocycles. The molecule has 0 unspecified atom stereocenters. The minimum Gasteiger partial charge on any atom is -0.324 e. The van der Waals surface area contributed by atoms with E-state index >= 15 is 0 Å². The zero-order chi connectivity index (χ0) is 18.8. The van der Waals surface area contributed by atoms with Crippen LogP contribution >= 0.6 is 0 Å². The summed E-state index contributed by atoms with van der Waals surface area (Å²) in [7, 11) is 0. The Morgan fingerprint density at radius 2 is 1.70 bits per heavy atom. The van der Waals surface area contributed by atoms with Crippen molar-refractivity contribution in [1.82, 2.24) is 19.7 Å². The highest BCUT2D eigenvalue weighted by Crippen LogP contribution is 2.24. The highest BCUT2D eigenvalue weighted by atomic mass is 15.3. The molecule has 2 aromatic heterocycles. The van der Waals surface area contributed by atoms with Crippen LogP contribution < -0.4 is 5.32 Å². The van der Waals surface area contributed by atoms with E-state index in [9.17, 15) is 0 Å². The SMILES string of the molecule is Cc1ccc(Nc2nccc(-c3cn(-c4ccccc4)nc3C)n2)cc1C. The predicted octanol–water partition coefficient (Wildman–Crippen LogP) is 5.00. The van der Waals surface area contributed by atoms with Crippen LogP contribution in [0.15, 0.2) is 67.0 Å². The second-order valence-corrected chi connectivity index (χ2v) is 6.60. The van der Waals surface area contributed by atoms with Gasteiger partial charge in [-0.05, 0) is 62.2 Å². The van der Waals surface area contributed by atoms with E-state index in [2.05, 4.69) is 46.4 Å². The Kier molecular flexibility index (Phi) is 4.42. The van der Waals surface area contributed by atoms with Crippen LogP contribution in [0.25, 0.3) is 16.9 Å². The molecular formula is C22H21N5. The van der Waals surface area contributed by atoms with E-state index in [1.165, 1.54) is 11.1 Å². The molecule has 5 nitrogen and oxygen atoms in total. The zero-order valence-electron chi connectivity index (χ0n) is 15.6. The molecule has 5 heteroatoms. The minimum absolute atomic E-state index is 0.572. The lowest BCUT2D eigenvalue weighted by Crippen LogP contribution is -1.98. The molecule has 134 valence electrons. The maximum atomic E-state index is 4.68. The number of nitrogens with one attached hydrogen (secondary N) is 1. The molecule has 0 radical (unpaired) electrons. The van der Waals surface area contributed by atoms with Gasteiger partial charge in [0.15, 0.2) is 0 Å². The predicted molar refractivity (Wildman–Crippen MR) is 109 cm³/mol. The molecule has 2 aromatic carbocycles. The first-order valence-electron chi connectivity index (χ1n) is 8.89. The molecule has 0 saturated carbocycles. The fourth-order valence-electron chi connectivity index (χ4n) is 2.94. The number of hydrogen-bond donors (Lipinski definition) is 1. The summed E-state index contributed by atoms with van der Waals surface area (Å²) in [5, 5.41) is 7.92. The summed E-state index contributed by atoms with van der Waals surface area (Å²) in [5.74, 6) is 0.572. The molecule has 0 aliphatic carbocycles. The van der Waals surface area contributed by atoms with Crippen LogP contribution in [-0.2, 0) is 0 Å². The molecule has 0 fully saturated rings. The molecule has 1 N–H and O–H groups in total. The molecule has 0 saturated heterocycles. The van der Waals surface area contributed by atoms with Crippen LogP contribution in [0.2, 0.25) is 0 Å². The highest BCUT2D eigenvalue weighted by molar-refractivity contribution is 5.64. The van der Waals surface area contributed by atoms with Crippen LogP contribution in [0, 0.1) is 20.8 Å². The Morgan fingerprint density at radius 3 is 2.48 bits per heavy atom. The summed E-state index contributed by atoms with van der Waals surface area (Å²) in [6.45, 7) is 6.19. The number of anilines is 2. The molecule has 4 rings (SSSR count). The Labute approximate surface area is 158 Å². The van der Waals surface area contributed by atoms with Crippen LogP contribution in [0.3, 0.4) is 0 Å². The first-order chi connectivity index (χ1) is 13.1. The highest BCUT2D eigenvalue weighted by Gasteiger charge is 2.11. The van der Waals surface area contributed by atoms with Gasteiger partial charge in [-0.3, -0.25) is 0 Å². The van der Waals surface area contributed by atoms with Gasteiger partial charge in [0.2, 0.25) is 5.95 Å². The lowest BCUT2D eigenvalue weighted by molar-refractivity contribution is 0.863. The smallest absolute Gasteiger partial charge is 0.227 e. The van der Waals surface area contributed by atoms with Gasteiger partial charge in [0, 0.05) is 23.6 Å². The lowest BCUT2D eigenvalue weighted by atomic mass is 10.1. The molecule has 0 spiro atoms. The summed E-state index contributed by atoms with van der Waals surface area (Å²) < 4.78 is 1.88. The Balaban J connectivity index is 1.64. The summed E-state index contributed by atoms with van der Waals surface area (Å²) in [6.07, 6.45) is 3.78. The third-order valence-corrected chi connectivity index (χ3v) is 4.61. The van der Waals surface area contributed by atoms with Crippen LogP contribution in [0.1, 0.15) is 16.8 Å². The number of para-hydroxylation sites is 1. The molecule has 27 heavy (non-hydrogen) atoms.